The van der Waals surface area contributed by atoms with Gasteiger partial charge in [0.2, 0.25) is 5.91 Å². The van der Waals surface area contributed by atoms with E-state index in [0.29, 0.717) is 22.0 Å². The van der Waals surface area contributed by atoms with Crippen LogP contribution >= 0.6 is 11.6 Å². The van der Waals surface area contributed by atoms with Gasteiger partial charge in [-0.15, -0.1) is 0 Å². The maximum atomic E-state index is 12.3. The number of aliphatic hydroxyl groups is 1. The first kappa shape index (κ1) is 22.3. The van der Waals surface area contributed by atoms with Crippen molar-refractivity contribution >= 4 is 39.9 Å². The molecule has 0 spiro atoms. The lowest BCUT2D eigenvalue weighted by Crippen LogP contribution is -2.16. The summed E-state index contributed by atoms with van der Waals surface area (Å²) in [6, 6.07) is 12.4. The number of amides is 1. The van der Waals surface area contributed by atoms with Gasteiger partial charge >= 0.3 is 0 Å². The average Bonchev–Trinajstić information content (AvgIpc) is 2.75. The highest BCUT2D eigenvalue weighted by Gasteiger charge is 2.11. The fourth-order valence-corrected chi connectivity index (χ4v) is 3.27. The minimum atomic E-state index is -0.727. The number of aliphatic hydroxyl groups excluding tert-OH is 1. The molecule has 1 aromatic heterocycles. The van der Waals surface area contributed by atoms with Crippen molar-refractivity contribution in [2.75, 3.05) is 5.73 Å². The van der Waals surface area contributed by atoms with Crippen LogP contribution in [0.25, 0.3) is 10.8 Å². The normalized spacial score (nSPS) is 11.5. The number of hydrogen-bond donors (Lipinski definition) is 3. The highest BCUT2D eigenvalue weighted by molar-refractivity contribution is 6.31. The minimum Gasteiger partial charge on any atom is -0.393 e. The van der Waals surface area contributed by atoms with Crippen LogP contribution in [0.1, 0.15) is 47.2 Å². The molecule has 3 rings (SSSR count). The lowest BCUT2D eigenvalue weighted by Gasteiger charge is -2.08. The summed E-state index contributed by atoms with van der Waals surface area (Å²) in [5.41, 5.74) is 12.9. The van der Waals surface area contributed by atoms with Crippen molar-refractivity contribution in [1.29, 1.82) is 0 Å². The fourth-order valence-electron chi connectivity index (χ4n) is 3.10. The molecule has 3 aromatic rings. The zero-order chi connectivity index (χ0) is 22.4. The number of primary amides is 1. The molecule has 2 aromatic carbocycles. The molecule has 0 aliphatic heterocycles. The average molecular weight is 436 g/mol. The number of fused-ring (bicyclic) bond motifs is 1. The quantitative estimate of drug-likeness (QED) is 0.388. The Morgan fingerprint density at radius 3 is 2.48 bits per heavy atom. The molecule has 0 radical (unpaired) electrons. The second-order valence-corrected chi connectivity index (χ2v) is 7.63. The number of anilines is 1. The number of rotatable bonds is 7. The molecule has 0 saturated heterocycles. The standard InChI is InChI=1S/C24H22ClN3O3/c25-18-7-6-17-14-28-24(27)20(21(17)13-18)10-3-15-1-4-16(5-2-15)22(30)11-8-19(29)9-12-23(26)31/h1-2,4-7,13-14,19,29H,8-9,11-12H2,(H2,26,31)(H2,27,28). The molecule has 5 N–H and O–H groups in total. The van der Waals surface area contributed by atoms with E-state index in [-0.39, 0.29) is 31.5 Å². The largest absolute Gasteiger partial charge is 0.393 e. The van der Waals surface area contributed by atoms with E-state index < -0.39 is 12.0 Å². The highest BCUT2D eigenvalue weighted by atomic mass is 35.5. The second-order valence-electron chi connectivity index (χ2n) is 7.20. The molecule has 1 unspecified atom stereocenters. The summed E-state index contributed by atoms with van der Waals surface area (Å²) >= 11 is 6.11. The third-order valence-corrected chi connectivity index (χ3v) is 5.09. The lowest BCUT2D eigenvalue weighted by molar-refractivity contribution is -0.118. The number of ketones is 1. The molecule has 0 aliphatic rings. The molecule has 158 valence electrons. The van der Waals surface area contributed by atoms with Crippen LogP contribution in [0.2, 0.25) is 5.02 Å². The SMILES string of the molecule is NC(=O)CCC(O)CCC(=O)c1ccc(C#Cc2c(N)ncc3ccc(Cl)cc23)cc1. The van der Waals surface area contributed by atoms with E-state index in [2.05, 4.69) is 16.8 Å². The number of nitrogens with zero attached hydrogens (tertiary/aromatic N) is 1. The first-order valence-electron chi connectivity index (χ1n) is 9.79. The Bertz CT molecular complexity index is 1180. The molecule has 1 atom stereocenters. The number of aromatic nitrogens is 1. The molecular weight excluding hydrogens is 414 g/mol. The molecule has 0 saturated carbocycles. The van der Waals surface area contributed by atoms with E-state index in [1.165, 1.54) is 0 Å². The van der Waals surface area contributed by atoms with Gasteiger partial charge in [-0.3, -0.25) is 9.59 Å². The molecule has 6 nitrogen and oxygen atoms in total. The predicted molar refractivity (Wildman–Crippen MR) is 122 cm³/mol. The smallest absolute Gasteiger partial charge is 0.217 e. The molecule has 0 aliphatic carbocycles. The summed E-state index contributed by atoms with van der Waals surface area (Å²) in [6.45, 7) is 0. The van der Waals surface area contributed by atoms with Gasteiger partial charge in [0, 0.05) is 46.0 Å². The third-order valence-electron chi connectivity index (χ3n) is 4.85. The Morgan fingerprint density at radius 1 is 1.06 bits per heavy atom. The number of nitrogen functional groups attached to an aromatic ring is 1. The van der Waals surface area contributed by atoms with Gasteiger partial charge in [0.05, 0.1) is 11.7 Å². The van der Waals surface area contributed by atoms with Crippen molar-refractivity contribution < 1.29 is 14.7 Å². The maximum absolute atomic E-state index is 12.3. The van der Waals surface area contributed by atoms with Gasteiger partial charge in [0.1, 0.15) is 5.82 Å². The molecule has 0 fully saturated rings. The van der Waals surface area contributed by atoms with Gasteiger partial charge in [-0.2, -0.15) is 0 Å². The lowest BCUT2D eigenvalue weighted by atomic mass is 10.0. The van der Waals surface area contributed by atoms with Crippen LogP contribution in [-0.2, 0) is 4.79 Å². The number of pyridine rings is 1. The zero-order valence-corrected chi connectivity index (χ0v) is 17.5. The van der Waals surface area contributed by atoms with Crippen LogP contribution in [-0.4, -0.2) is 27.9 Å². The predicted octanol–water partition coefficient (Wildman–Crippen LogP) is 3.46. The number of Topliss-reactive ketones (excluding diaryl/α,β-unsaturated/α-hetero) is 1. The van der Waals surface area contributed by atoms with Crippen molar-refractivity contribution in [2.45, 2.75) is 31.8 Å². The van der Waals surface area contributed by atoms with Crippen LogP contribution in [0, 0.1) is 11.8 Å². The van der Waals surface area contributed by atoms with E-state index in [1.54, 1.807) is 42.6 Å². The highest BCUT2D eigenvalue weighted by Crippen LogP contribution is 2.25. The molecular formula is C24H22ClN3O3. The second kappa shape index (κ2) is 10.1. The van der Waals surface area contributed by atoms with Gasteiger partial charge in [-0.1, -0.05) is 41.6 Å². The monoisotopic (exact) mass is 435 g/mol. The van der Waals surface area contributed by atoms with Crippen LogP contribution in [0.4, 0.5) is 5.82 Å². The summed E-state index contributed by atoms with van der Waals surface area (Å²) in [5, 5.41) is 12.1. The van der Waals surface area contributed by atoms with Crippen LogP contribution in [0.3, 0.4) is 0 Å². The summed E-state index contributed by atoms with van der Waals surface area (Å²) in [6.07, 6.45) is 1.78. The third kappa shape index (κ3) is 6.05. The molecule has 31 heavy (non-hydrogen) atoms. The number of benzene rings is 2. The van der Waals surface area contributed by atoms with Gasteiger partial charge in [0.15, 0.2) is 5.78 Å². The van der Waals surface area contributed by atoms with E-state index in [1.807, 2.05) is 6.07 Å². The Balaban J connectivity index is 1.70. The van der Waals surface area contributed by atoms with Gasteiger partial charge < -0.3 is 16.6 Å². The van der Waals surface area contributed by atoms with Gasteiger partial charge in [-0.25, -0.2) is 4.98 Å². The fraction of sp³-hybridized carbons (Fsp3) is 0.208. The molecule has 7 heteroatoms. The van der Waals surface area contributed by atoms with Crippen molar-refractivity contribution in [3.05, 3.63) is 70.4 Å². The van der Waals surface area contributed by atoms with E-state index >= 15 is 0 Å². The number of halogens is 1. The Hall–Kier alpha value is -3.40. The summed E-state index contributed by atoms with van der Waals surface area (Å²) in [5.74, 6) is 5.88. The van der Waals surface area contributed by atoms with Crippen LogP contribution in [0.15, 0.2) is 48.7 Å². The number of nitrogens with two attached hydrogens (primary N) is 2. The Kier molecular flexibility index (Phi) is 7.24. The van der Waals surface area contributed by atoms with Crippen LogP contribution < -0.4 is 11.5 Å². The summed E-state index contributed by atoms with van der Waals surface area (Å²) in [7, 11) is 0. The molecule has 1 heterocycles. The van der Waals surface area contributed by atoms with E-state index in [9.17, 15) is 14.7 Å². The van der Waals surface area contributed by atoms with Gasteiger partial charge in [0.25, 0.3) is 0 Å². The first-order chi connectivity index (χ1) is 14.8. The number of carbonyl (C=O) groups excluding carboxylic acids is 2. The van der Waals surface area contributed by atoms with Crippen LogP contribution in [0.5, 0.6) is 0 Å². The molecule has 1 amide bonds. The topological polar surface area (TPSA) is 119 Å². The number of hydrogen-bond acceptors (Lipinski definition) is 5. The summed E-state index contributed by atoms with van der Waals surface area (Å²) < 4.78 is 0. The molecule has 0 bridgehead atoms. The van der Waals surface area contributed by atoms with E-state index in [0.717, 1.165) is 16.3 Å². The van der Waals surface area contributed by atoms with Crippen molar-refractivity contribution in [2.24, 2.45) is 5.73 Å². The maximum Gasteiger partial charge on any atom is 0.217 e. The van der Waals surface area contributed by atoms with Crippen molar-refractivity contribution in [1.82, 2.24) is 4.98 Å². The summed E-state index contributed by atoms with van der Waals surface area (Å²) in [4.78, 5) is 27.3. The van der Waals surface area contributed by atoms with Crippen molar-refractivity contribution in [3.8, 4) is 11.8 Å². The zero-order valence-electron chi connectivity index (χ0n) is 16.8. The Labute approximate surface area is 185 Å². The Morgan fingerprint density at radius 2 is 1.77 bits per heavy atom. The minimum absolute atomic E-state index is 0.0882. The number of carbonyl (C=O) groups is 2. The van der Waals surface area contributed by atoms with Crippen molar-refractivity contribution in [3.63, 3.8) is 0 Å². The van der Waals surface area contributed by atoms with Gasteiger partial charge in [-0.05, 0) is 37.1 Å². The first-order valence-corrected chi connectivity index (χ1v) is 10.2. The van der Waals surface area contributed by atoms with E-state index in [4.69, 9.17) is 23.1 Å².